The lowest BCUT2D eigenvalue weighted by molar-refractivity contribution is -0.121. The minimum Gasteiger partial charge on any atom is -0.505 e. The SMILES string of the molecule is N#CC(C(=O)NCCc1ccccc1)c1cc(Cl)c(O)c(Cl)c1. The number of phenols is 1. The number of halogens is 2. The molecule has 1 unspecified atom stereocenters. The largest absolute Gasteiger partial charge is 0.505 e. The summed E-state index contributed by atoms with van der Waals surface area (Å²) >= 11 is 11.7. The number of aromatic hydroxyl groups is 1. The van der Waals surface area contributed by atoms with Gasteiger partial charge in [0.1, 0.15) is 5.92 Å². The molecule has 0 aromatic heterocycles. The van der Waals surface area contributed by atoms with E-state index in [-0.39, 0.29) is 15.8 Å². The highest BCUT2D eigenvalue weighted by Gasteiger charge is 2.22. The molecule has 1 amide bonds. The predicted molar refractivity (Wildman–Crippen MR) is 89.6 cm³/mol. The minimum atomic E-state index is -1.04. The molecule has 2 rings (SSSR count). The molecule has 0 saturated carbocycles. The summed E-state index contributed by atoms with van der Waals surface area (Å²) in [5, 5.41) is 21.5. The fourth-order valence-electron chi connectivity index (χ4n) is 2.11. The molecule has 23 heavy (non-hydrogen) atoms. The van der Waals surface area contributed by atoms with Gasteiger partial charge in [0.25, 0.3) is 0 Å². The van der Waals surface area contributed by atoms with Crippen molar-refractivity contribution in [2.24, 2.45) is 0 Å². The van der Waals surface area contributed by atoms with Crippen LogP contribution >= 0.6 is 23.2 Å². The Hall–Kier alpha value is -2.22. The third-order valence-corrected chi connectivity index (χ3v) is 3.90. The number of nitriles is 1. The van der Waals surface area contributed by atoms with Crippen LogP contribution in [0.2, 0.25) is 10.0 Å². The van der Waals surface area contributed by atoms with E-state index in [1.54, 1.807) is 0 Å². The van der Waals surface area contributed by atoms with E-state index < -0.39 is 11.8 Å². The Balaban J connectivity index is 2.03. The van der Waals surface area contributed by atoms with E-state index in [0.717, 1.165) is 5.56 Å². The highest BCUT2D eigenvalue weighted by atomic mass is 35.5. The molecule has 0 bridgehead atoms. The molecule has 0 radical (unpaired) electrons. The van der Waals surface area contributed by atoms with Crippen molar-refractivity contribution >= 4 is 29.1 Å². The van der Waals surface area contributed by atoms with Crippen molar-refractivity contribution in [1.82, 2.24) is 5.32 Å². The first kappa shape index (κ1) is 17.1. The Morgan fingerprint density at radius 1 is 1.22 bits per heavy atom. The van der Waals surface area contributed by atoms with E-state index in [1.807, 2.05) is 36.4 Å². The van der Waals surface area contributed by atoms with Crippen LogP contribution in [-0.4, -0.2) is 17.6 Å². The molecule has 0 saturated heterocycles. The van der Waals surface area contributed by atoms with Crippen LogP contribution in [0.15, 0.2) is 42.5 Å². The van der Waals surface area contributed by atoms with Crippen molar-refractivity contribution < 1.29 is 9.90 Å². The molecule has 0 aliphatic carbocycles. The van der Waals surface area contributed by atoms with Crippen LogP contribution in [0.5, 0.6) is 5.75 Å². The zero-order valence-corrected chi connectivity index (χ0v) is 13.6. The summed E-state index contributed by atoms with van der Waals surface area (Å²) in [6, 6.07) is 14.4. The highest BCUT2D eigenvalue weighted by molar-refractivity contribution is 6.37. The molecule has 0 aliphatic rings. The number of nitrogens with zero attached hydrogens (tertiary/aromatic N) is 1. The molecular formula is C17H14Cl2N2O2. The normalized spacial score (nSPS) is 11.5. The lowest BCUT2D eigenvalue weighted by Gasteiger charge is -2.12. The van der Waals surface area contributed by atoms with Crippen molar-refractivity contribution in [2.45, 2.75) is 12.3 Å². The van der Waals surface area contributed by atoms with Crippen LogP contribution < -0.4 is 5.32 Å². The lowest BCUT2D eigenvalue weighted by Crippen LogP contribution is -2.30. The average molecular weight is 349 g/mol. The number of rotatable bonds is 5. The van der Waals surface area contributed by atoms with Gasteiger partial charge < -0.3 is 10.4 Å². The molecule has 6 heteroatoms. The number of amides is 1. The summed E-state index contributed by atoms with van der Waals surface area (Å²) in [5.74, 6) is -1.74. The zero-order chi connectivity index (χ0) is 16.8. The number of hydrogen-bond donors (Lipinski definition) is 2. The maximum Gasteiger partial charge on any atom is 0.241 e. The van der Waals surface area contributed by atoms with Gasteiger partial charge >= 0.3 is 0 Å². The molecule has 0 aliphatic heterocycles. The number of benzene rings is 2. The standard InChI is InChI=1S/C17H14Cl2N2O2/c18-14-8-12(9-15(19)16(14)22)13(10-20)17(23)21-7-6-11-4-2-1-3-5-11/h1-5,8-9,13,22H,6-7H2,(H,21,23). The molecule has 2 aromatic carbocycles. The Morgan fingerprint density at radius 2 is 1.83 bits per heavy atom. The predicted octanol–water partition coefficient (Wildman–Crippen LogP) is 3.67. The summed E-state index contributed by atoms with van der Waals surface area (Å²) in [6.07, 6.45) is 0.668. The summed E-state index contributed by atoms with van der Waals surface area (Å²) in [7, 11) is 0. The van der Waals surface area contributed by atoms with E-state index in [0.29, 0.717) is 18.5 Å². The maximum atomic E-state index is 12.2. The first-order valence-electron chi connectivity index (χ1n) is 6.92. The number of carbonyl (C=O) groups is 1. The summed E-state index contributed by atoms with van der Waals surface area (Å²) in [6.45, 7) is 0.417. The van der Waals surface area contributed by atoms with E-state index in [2.05, 4.69) is 5.32 Å². The lowest BCUT2D eigenvalue weighted by atomic mass is 9.99. The summed E-state index contributed by atoms with van der Waals surface area (Å²) in [5.41, 5.74) is 1.44. The van der Waals surface area contributed by atoms with Gasteiger partial charge in [0.2, 0.25) is 5.91 Å². The van der Waals surface area contributed by atoms with Crippen molar-refractivity contribution in [3.8, 4) is 11.8 Å². The number of nitrogens with one attached hydrogen (secondary N) is 1. The molecule has 4 nitrogen and oxygen atoms in total. The number of carbonyl (C=O) groups excluding carboxylic acids is 1. The van der Waals surface area contributed by atoms with Crippen LogP contribution in [0.25, 0.3) is 0 Å². The fraction of sp³-hybridized carbons (Fsp3) is 0.176. The minimum absolute atomic E-state index is 0.00448. The molecule has 2 N–H and O–H groups in total. The molecular weight excluding hydrogens is 335 g/mol. The second-order valence-corrected chi connectivity index (χ2v) is 5.74. The van der Waals surface area contributed by atoms with Gasteiger partial charge in [0.05, 0.1) is 16.1 Å². The van der Waals surface area contributed by atoms with Crippen molar-refractivity contribution in [2.75, 3.05) is 6.54 Å². The van der Waals surface area contributed by atoms with Gasteiger partial charge in [-0.3, -0.25) is 4.79 Å². The Labute approximate surface area is 144 Å². The smallest absolute Gasteiger partial charge is 0.241 e. The van der Waals surface area contributed by atoms with Gasteiger partial charge in [-0.05, 0) is 29.7 Å². The van der Waals surface area contributed by atoms with Crippen LogP contribution in [0.4, 0.5) is 0 Å². The van der Waals surface area contributed by atoms with Crippen LogP contribution in [-0.2, 0) is 11.2 Å². The van der Waals surface area contributed by atoms with E-state index in [9.17, 15) is 15.2 Å². The average Bonchev–Trinajstić information content (AvgIpc) is 2.54. The molecule has 0 spiro atoms. The fourth-order valence-corrected chi connectivity index (χ4v) is 2.62. The van der Waals surface area contributed by atoms with Crippen LogP contribution in [0.1, 0.15) is 17.0 Å². The zero-order valence-electron chi connectivity index (χ0n) is 12.1. The van der Waals surface area contributed by atoms with Crippen molar-refractivity contribution in [1.29, 1.82) is 5.26 Å². The van der Waals surface area contributed by atoms with Crippen LogP contribution in [0.3, 0.4) is 0 Å². The molecule has 1 atom stereocenters. The van der Waals surface area contributed by atoms with Crippen molar-refractivity contribution in [3.63, 3.8) is 0 Å². The molecule has 118 valence electrons. The van der Waals surface area contributed by atoms with Gasteiger partial charge in [0, 0.05) is 6.54 Å². The maximum absolute atomic E-state index is 12.2. The third kappa shape index (κ3) is 4.38. The second-order valence-electron chi connectivity index (χ2n) is 4.92. The highest BCUT2D eigenvalue weighted by Crippen LogP contribution is 2.35. The Bertz CT molecular complexity index is 719. The molecule has 0 fully saturated rings. The van der Waals surface area contributed by atoms with Gasteiger partial charge in [-0.1, -0.05) is 53.5 Å². The number of phenolic OH excluding ortho intramolecular Hbond substituents is 1. The van der Waals surface area contributed by atoms with E-state index >= 15 is 0 Å². The van der Waals surface area contributed by atoms with Gasteiger partial charge in [0.15, 0.2) is 5.75 Å². The Morgan fingerprint density at radius 3 is 2.39 bits per heavy atom. The van der Waals surface area contributed by atoms with Crippen LogP contribution in [0, 0.1) is 11.3 Å². The van der Waals surface area contributed by atoms with Gasteiger partial charge in [-0.25, -0.2) is 0 Å². The van der Waals surface area contributed by atoms with E-state index in [4.69, 9.17) is 23.2 Å². The van der Waals surface area contributed by atoms with Gasteiger partial charge in [-0.15, -0.1) is 0 Å². The van der Waals surface area contributed by atoms with Crippen molar-refractivity contribution in [3.05, 3.63) is 63.6 Å². The topological polar surface area (TPSA) is 73.1 Å². The molecule has 2 aromatic rings. The summed E-state index contributed by atoms with van der Waals surface area (Å²) in [4.78, 5) is 12.2. The third-order valence-electron chi connectivity index (χ3n) is 3.32. The summed E-state index contributed by atoms with van der Waals surface area (Å²) < 4.78 is 0. The molecule has 0 heterocycles. The van der Waals surface area contributed by atoms with Gasteiger partial charge in [-0.2, -0.15) is 5.26 Å². The first-order chi connectivity index (χ1) is 11.0. The monoisotopic (exact) mass is 348 g/mol. The second kappa shape index (κ2) is 7.87. The quantitative estimate of drug-likeness (QED) is 0.865. The Kier molecular flexibility index (Phi) is 5.86. The van der Waals surface area contributed by atoms with E-state index in [1.165, 1.54) is 12.1 Å². The number of hydrogen-bond acceptors (Lipinski definition) is 3. The first-order valence-corrected chi connectivity index (χ1v) is 7.67.